The van der Waals surface area contributed by atoms with Crippen molar-refractivity contribution in [2.75, 3.05) is 0 Å². The van der Waals surface area contributed by atoms with Crippen molar-refractivity contribution >= 4 is 39.5 Å². The molecular weight excluding hydrogens is 295 g/mol. The Bertz CT molecular complexity index is 519. The molecule has 2 rings (SSSR count). The lowest BCUT2D eigenvalue weighted by molar-refractivity contribution is 0.0698. The second-order valence-corrected chi connectivity index (χ2v) is 3.94. The smallest absolute Gasteiger partial charge is 0.337 e. The molecule has 4 nitrogen and oxygen atoms in total. The molecule has 1 aromatic heterocycles. The van der Waals surface area contributed by atoms with Gasteiger partial charge in [-0.15, -0.1) is 0 Å². The third-order valence-corrected chi connectivity index (χ3v) is 2.85. The van der Waals surface area contributed by atoms with E-state index in [2.05, 4.69) is 27.7 Å². The molecule has 0 atom stereocenters. The molecule has 0 aliphatic heterocycles. The number of rotatable bonds is 1. The van der Waals surface area contributed by atoms with Crippen molar-refractivity contribution in [3.8, 4) is 0 Å². The first kappa shape index (κ1) is 9.45. The van der Waals surface area contributed by atoms with Crippen molar-refractivity contribution in [2.45, 2.75) is 0 Å². The number of hydrogen-bond acceptors (Lipinski definition) is 2. The van der Waals surface area contributed by atoms with Crippen LogP contribution in [0.15, 0.2) is 18.2 Å². The number of nitrogens with zero attached hydrogens (tertiary/aromatic N) is 2. The van der Waals surface area contributed by atoms with Crippen LogP contribution in [0.4, 0.5) is 0 Å². The topological polar surface area (TPSA) is 55.1 Å². The van der Waals surface area contributed by atoms with E-state index < -0.39 is 5.97 Å². The summed E-state index contributed by atoms with van der Waals surface area (Å²) in [6.07, 6.45) is 0. The van der Waals surface area contributed by atoms with Gasteiger partial charge in [-0.2, -0.15) is 5.10 Å². The summed E-state index contributed by atoms with van der Waals surface area (Å²) in [5.41, 5.74) is 0.963. The van der Waals surface area contributed by atoms with Crippen LogP contribution in [0.5, 0.6) is 0 Å². The third-order valence-electron chi connectivity index (χ3n) is 2.05. The zero-order chi connectivity index (χ0) is 10.3. The quantitative estimate of drug-likeness (QED) is 0.818. The molecule has 1 heterocycles. The number of para-hydroxylation sites is 1. The number of carbonyl (C=O) groups is 1. The van der Waals surface area contributed by atoms with Crippen LogP contribution in [-0.4, -0.2) is 20.9 Å². The molecule has 0 radical (unpaired) electrons. The van der Waals surface area contributed by atoms with E-state index in [-0.39, 0.29) is 0 Å². The molecule has 72 valence electrons. The Kier molecular flexibility index (Phi) is 2.18. The van der Waals surface area contributed by atoms with Gasteiger partial charge in [-0.1, -0.05) is 12.1 Å². The van der Waals surface area contributed by atoms with Crippen LogP contribution in [0.1, 0.15) is 10.4 Å². The highest BCUT2D eigenvalue weighted by Crippen LogP contribution is 2.22. The number of aromatic carboxylic acids is 1. The molecule has 0 fully saturated rings. The van der Waals surface area contributed by atoms with Gasteiger partial charge in [-0.3, -0.25) is 4.68 Å². The van der Waals surface area contributed by atoms with Crippen LogP contribution >= 0.6 is 22.6 Å². The molecule has 0 unspecified atom stereocenters. The number of aromatic nitrogens is 2. The van der Waals surface area contributed by atoms with Gasteiger partial charge in [-0.05, 0) is 28.7 Å². The van der Waals surface area contributed by atoms with Crippen LogP contribution in [0, 0.1) is 3.70 Å². The summed E-state index contributed by atoms with van der Waals surface area (Å²) < 4.78 is 2.42. The van der Waals surface area contributed by atoms with Crippen molar-refractivity contribution < 1.29 is 9.90 Å². The largest absolute Gasteiger partial charge is 0.478 e. The number of hydrogen-bond donors (Lipinski definition) is 1. The first-order chi connectivity index (χ1) is 6.61. The van der Waals surface area contributed by atoms with Gasteiger partial charge in [-0.25, -0.2) is 4.79 Å². The summed E-state index contributed by atoms with van der Waals surface area (Å²) in [6.45, 7) is 0. The van der Waals surface area contributed by atoms with Crippen molar-refractivity contribution in [3.05, 3.63) is 27.5 Å². The van der Waals surface area contributed by atoms with E-state index in [0.29, 0.717) is 11.1 Å². The molecule has 1 aromatic carbocycles. The van der Waals surface area contributed by atoms with Crippen molar-refractivity contribution in [1.82, 2.24) is 9.78 Å². The Morgan fingerprint density at radius 3 is 2.93 bits per heavy atom. The van der Waals surface area contributed by atoms with E-state index in [0.717, 1.165) is 9.09 Å². The number of halogens is 1. The molecule has 0 saturated heterocycles. The zero-order valence-electron chi connectivity index (χ0n) is 7.36. The minimum absolute atomic E-state index is 0.292. The summed E-state index contributed by atoms with van der Waals surface area (Å²) in [4.78, 5) is 10.9. The molecule has 14 heavy (non-hydrogen) atoms. The lowest BCUT2D eigenvalue weighted by atomic mass is 10.1. The number of benzene rings is 1. The zero-order valence-corrected chi connectivity index (χ0v) is 9.52. The first-order valence-electron chi connectivity index (χ1n) is 3.96. The summed E-state index contributed by atoms with van der Waals surface area (Å²) in [7, 11) is 1.75. The molecule has 0 spiro atoms. The van der Waals surface area contributed by atoms with Gasteiger partial charge in [0.1, 0.15) is 3.70 Å². The fourth-order valence-electron chi connectivity index (χ4n) is 1.47. The number of carboxylic acid groups (broad SMARTS) is 1. The fourth-order valence-corrected chi connectivity index (χ4v) is 2.23. The average molecular weight is 302 g/mol. The highest BCUT2D eigenvalue weighted by Gasteiger charge is 2.14. The van der Waals surface area contributed by atoms with E-state index in [1.54, 1.807) is 23.9 Å². The van der Waals surface area contributed by atoms with Gasteiger partial charge in [0.2, 0.25) is 0 Å². The summed E-state index contributed by atoms with van der Waals surface area (Å²) >= 11 is 2.09. The lowest BCUT2D eigenvalue weighted by Gasteiger charge is -1.98. The second-order valence-electron chi connectivity index (χ2n) is 2.92. The number of carboxylic acids is 1. The van der Waals surface area contributed by atoms with E-state index in [1.165, 1.54) is 0 Å². The van der Waals surface area contributed by atoms with E-state index in [4.69, 9.17) is 5.11 Å². The van der Waals surface area contributed by atoms with Gasteiger partial charge >= 0.3 is 5.97 Å². The Morgan fingerprint density at radius 2 is 2.29 bits per heavy atom. The molecule has 0 amide bonds. The van der Waals surface area contributed by atoms with Crippen LogP contribution in [0.3, 0.4) is 0 Å². The minimum Gasteiger partial charge on any atom is -0.478 e. The van der Waals surface area contributed by atoms with Gasteiger partial charge in [0, 0.05) is 12.4 Å². The lowest BCUT2D eigenvalue weighted by Crippen LogP contribution is -2.00. The molecule has 0 bridgehead atoms. The van der Waals surface area contributed by atoms with Crippen molar-refractivity contribution in [3.63, 3.8) is 0 Å². The Hall–Kier alpha value is -1.11. The average Bonchev–Trinajstić information content (AvgIpc) is 2.43. The summed E-state index contributed by atoms with van der Waals surface area (Å²) in [5, 5.41) is 14.0. The molecule has 0 aliphatic carbocycles. The van der Waals surface area contributed by atoms with Gasteiger partial charge in [0.25, 0.3) is 0 Å². The van der Waals surface area contributed by atoms with Crippen LogP contribution in [-0.2, 0) is 7.05 Å². The maximum absolute atomic E-state index is 10.9. The van der Waals surface area contributed by atoms with Crippen LogP contribution < -0.4 is 0 Å². The summed E-state index contributed by atoms with van der Waals surface area (Å²) in [5.74, 6) is -0.921. The minimum atomic E-state index is -0.921. The molecule has 1 N–H and O–H groups in total. The molecule has 0 saturated carbocycles. The number of fused-ring (bicyclic) bond motifs is 1. The molecule has 0 aliphatic rings. The Labute approximate surface area is 93.7 Å². The van der Waals surface area contributed by atoms with Gasteiger partial charge < -0.3 is 5.11 Å². The van der Waals surface area contributed by atoms with E-state index in [1.807, 2.05) is 6.07 Å². The van der Waals surface area contributed by atoms with Crippen molar-refractivity contribution in [2.24, 2.45) is 7.05 Å². The Morgan fingerprint density at radius 1 is 1.57 bits per heavy atom. The van der Waals surface area contributed by atoms with Gasteiger partial charge in [0.05, 0.1) is 11.1 Å². The van der Waals surface area contributed by atoms with Crippen LogP contribution in [0.2, 0.25) is 0 Å². The third kappa shape index (κ3) is 1.28. The maximum Gasteiger partial charge on any atom is 0.337 e. The number of aryl methyl sites for hydroxylation is 1. The maximum atomic E-state index is 10.9. The van der Waals surface area contributed by atoms with Crippen molar-refractivity contribution in [1.29, 1.82) is 0 Å². The van der Waals surface area contributed by atoms with Crippen LogP contribution in [0.25, 0.3) is 10.9 Å². The summed E-state index contributed by atoms with van der Waals surface area (Å²) in [6, 6.07) is 5.19. The first-order valence-corrected chi connectivity index (χ1v) is 5.03. The standard InChI is InChI=1S/C9H7IN2O2/c1-12-7-5(8(10)11-12)3-2-4-6(7)9(13)14/h2-4H,1H3,(H,13,14). The molecule has 5 heteroatoms. The predicted octanol–water partition coefficient (Wildman–Crippen LogP) is 1.88. The Balaban J connectivity index is 2.92. The monoisotopic (exact) mass is 302 g/mol. The van der Waals surface area contributed by atoms with E-state index >= 15 is 0 Å². The molecular formula is C9H7IN2O2. The highest BCUT2D eigenvalue weighted by molar-refractivity contribution is 14.1. The second kappa shape index (κ2) is 3.23. The predicted molar refractivity (Wildman–Crippen MR) is 60.4 cm³/mol. The van der Waals surface area contributed by atoms with E-state index in [9.17, 15) is 4.79 Å². The molecule has 2 aromatic rings. The fraction of sp³-hybridized carbons (Fsp3) is 0.111. The SMILES string of the molecule is Cn1nc(I)c2cccc(C(=O)O)c21. The van der Waals surface area contributed by atoms with Gasteiger partial charge in [0.15, 0.2) is 0 Å². The highest BCUT2D eigenvalue weighted by atomic mass is 127. The normalized spacial score (nSPS) is 10.7.